The second-order valence-corrected chi connectivity index (χ2v) is 5.55. The van der Waals surface area contributed by atoms with Gasteiger partial charge in [0.05, 0.1) is 13.2 Å². The Bertz CT molecular complexity index is 358. The number of morpholine rings is 1. The van der Waals surface area contributed by atoms with Gasteiger partial charge in [-0.15, -0.1) is 0 Å². The Morgan fingerprint density at radius 1 is 1.26 bits per heavy atom. The first kappa shape index (κ1) is 14.5. The highest BCUT2D eigenvalue weighted by atomic mass is 16.5. The molecule has 106 valence electrons. The van der Waals surface area contributed by atoms with Gasteiger partial charge in [0.1, 0.15) is 0 Å². The number of hydrogen-bond acceptors (Lipinski definition) is 3. The lowest BCUT2D eigenvalue weighted by atomic mass is 10.1. The minimum atomic E-state index is 0.538. The number of likely N-dealkylation sites (N-methyl/N-ethyl adjacent to an activating group) is 1. The summed E-state index contributed by atoms with van der Waals surface area (Å²) in [4.78, 5) is 2.41. The van der Waals surface area contributed by atoms with Gasteiger partial charge in [-0.1, -0.05) is 29.8 Å². The summed E-state index contributed by atoms with van der Waals surface area (Å²) in [5.41, 5.74) is 2.76. The minimum absolute atomic E-state index is 0.538. The van der Waals surface area contributed by atoms with Crippen molar-refractivity contribution in [3.8, 4) is 0 Å². The van der Waals surface area contributed by atoms with Crippen molar-refractivity contribution in [1.82, 2.24) is 10.2 Å². The van der Waals surface area contributed by atoms with E-state index >= 15 is 0 Å². The van der Waals surface area contributed by atoms with Crippen LogP contribution in [0.2, 0.25) is 0 Å². The molecule has 0 spiro atoms. The first-order valence-corrected chi connectivity index (χ1v) is 7.29. The van der Waals surface area contributed by atoms with Gasteiger partial charge in [-0.05, 0) is 38.9 Å². The molecule has 1 unspecified atom stereocenters. The molecule has 1 aliphatic heterocycles. The Morgan fingerprint density at radius 2 is 2.05 bits per heavy atom. The van der Waals surface area contributed by atoms with Crippen LogP contribution >= 0.6 is 0 Å². The molecule has 1 atom stereocenters. The fourth-order valence-electron chi connectivity index (χ4n) is 2.37. The lowest BCUT2D eigenvalue weighted by Crippen LogP contribution is -2.43. The third kappa shape index (κ3) is 5.31. The van der Waals surface area contributed by atoms with Crippen molar-refractivity contribution in [2.75, 3.05) is 39.9 Å². The largest absolute Gasteiger partial charge is 0.379 e. The van der Waals surface area contributed by atoms with Crippen LogP contribution in [0.5, 0.6) is 0 Å². The second kappa shape index (κ2) is 7.63. The summed E-state index contributed by atoms with van der Waals surface area (Å²) in [6.07, 6.45) is 2.30. The average Bonchev–Trinajstić information content (AvgIpc) is 2.45. The molecule has 1 aromatic rings. The molecule has 19 heavy (non-hydrogen) atoms. The molecule has 0 amide bonds. The number of hydrogen-bond donors (Lipinski definition) is 1. The fraction of sp³-hybridized carbons (Fsp3) is 0.625. The van der Waals surface area contributed by atoms with Crippen molar-refractivity contribution in [2.24, 2.45) is 0 Å². The van der Waals surface area contributed by atoms with E-state index in [1.807, 2.05) is 0 Å². The first-order valence-electron chi connectivity index (χ1n) is 7.29. The van der Waals surface area contributed by atoms with Crippen LogP contribution in [0.25, 0.3) is 0 Å². The van der Waals surface area contributed by atoms with Crippen molar-refractivity contribution in [1.29, 1.82) is 0 Å². The Kier molecular flexibility index (Phi) is 5.83. The average molecular weight is 262 g/mol. The summed E-state index contributed by atoms with van der Waals surface area (Å²) in [5, 5.41) is 3.50. The summed E-state index contributed by atoms with van der Waals surface area (Å²) in [5.74, 6) is 0. The highest BCUT2D eigenvalue weighted by Gasteiger charge is 2.13. The van der Waals surface area contributed by atoms with E-state index in [0.717, 1.165) is 39.3 Å². The van der Waals surface area contributed by atoms with Gasteiger partial charge in [0.25, 0.3) is 0 Å². The molecule has 1 aromatic carbocycles. The number of rotatable bonds is 6. The standard InChI is InChI=1S/C16H26N2O/c1-14-3-5-15(6-4-14)7-10-18(2)11-8-16-13-19-12-9-17-16/h3-6,16-17H,7-13H2,1-2H3. The maximum atomic E-state index is 5.47. The molecule has 1 fully saturated rings. The Hall–Kier alpha value is -0.900. The monoisotopic (exact) mass is 262 g/mol. The van der Waals surface area contributed by atoms with Gasteiger partial charge >= 0.3 is 0 Å². The van der Waals surface area contributed by atoms with Gasteiger partial charge in [0, 0.05) is 19.1 Å². The molecule has 0 aliphatic carbocycles. The highest BCUT2D eigenvalue weighted by Crippen LogP contribution is 2.05. The molecule has 2 rings (SSSR count). The second-order valence-electron chi connectivity index (χ2n) is 5.55. The third-order valence-electron chi connectivity index (χ3n) is 3.76. The zero-order valence-corrected chi connectivity index (χ0v) is 12.2. The van der Waals surface area contributed by atoms with Crippen molar-refractivity contribution in [3.05, 3.63) is 35.4 Å². The number of benzene rings is 1. The molecule has 1 N–H and O–H groups in total. The number of ether oxygens (including phenoxy) is 1. The van der Waals surface area contributed by atoms with Crippen LogP contribution in [0.4, 0.5) is 0 Å². The van der Waals surface area contributed by atoms with E-state index in [-0.39, 0.29) is 0 Å². The Morgan fingerprint density at radius 3 is 2.74 bits per heavy atom. The van der Waals surface area contributed by atoms with Crippen LogP contribution in [0.3, 0.4) is 0 Å². The molecular formula is C16H26N2O. The molecule has 0 bridgehead atoms. The van der Waals surface area contributed by atoms with Crippen LogP contribution < -0.4 is 5.32 Å². The molecule has 3 heteroatoms. The predicted molar refractivity (Wildman–Crippen MR) is 79.6 cm³/mol. The molecule has 3 nitrogen and oxygen atoms in total. The van der Waals surface area contributed by atoms with E-state index in [1.165, 1.54) is 17.5 Å². The van der Waals surface area contributed by atoms with Crippen LogP contribution in [0.1, 0.15) is 17.5 Å². The predicted octanol–water partition coefficient (Wildman–Crippen LogP) is 1.85. The summed E-state index contributed by atoms with van der Waals surface area (Å²) >= 11 is 0. The van der Waals surface area contributed by atoms with Crippen molar-refractivity contribution >= 4 is 0 Å². The SMILES string of the molecule is Cc1ccc(CCN(C)CCC2COCCN2)cc1. The van der Waals surface area contributed by atoms with E-state index in [9.17, 15) is 0 Å². The summed E-state index contributed by atoms with van der Waals surface area (Å²) < 4.78 is 5.47. The number of nitrogens with zero attached hydrogens (tertiary/aromatic N) is 1. The Balaban J connectivity index is 1.63. The topological polar surface area (TPSA) is 24.5 Å². The van der Waals surface area contributed by atoms with Crippen LogP contribution in [0.15, 0.2) is 24.3 Å². The highest BCUT2D eigenvalue weighted by molar-refractivity contribution is 5.21. The maximum absolute atomic E-state index is 5.47. The molecule has 0 radical (unpaired) electrons. The summed E-state index contributed by atoms with van der Waals surface area (Å²) in [6.45, 7) is 7.11. The molecule has 1 heterocycles. The summed E-state index contributed by atoms with van der Waals surface area (Å²) in [7, 11) is 2.21. The molecule has 0 aromatic heterocycles. The van der Waals surface area contributed by atoms with E-state index in [1.54, 1.807) is 0 Å². The van der Waals surface area contributed by atoms with E-state index in [2.05, 4.69) is 48.5 Å². The van der Waals surface area contributed by atoms with E-state index in [0.29, 0.717) is 6.04 Å². The molecular weight excluding hydrogens is 236 g/mol. The zero-order valence-electron chi connectivity index (χ0n) is 12.2. The van der Waals surface area contributed by atoms with Crippen LogP contribution in [-0.2, 0) is 11.2 Å². The van der Waals surface area contributed by atoms with Gasteiger partial charge in [-0.2, -0.15) is 0 Å². The van der Waals surface area contributed by atoms with Crippen LogP contribution in [0, 0.1) is 6.92 Å². The van der Waals surface area contributed by atoms with Crippen molar-refractivity contribution in [3.63, 3.8) is 0 Å². The normalized spacial score (nSPS) is 19.8. The van der Waals surface area contributed by atoms with Crippen LogP contribution in [-0.4, -0.2) is 50.8 Å². The minimum Gasteiger partial charge on any atom is -0.379 e. The van der Waals surface area contributed by atoms with Crippen molar-refractivity contribution in [2.45, 2.75) is 25.8 Å². The zero-order chi connectivity index (χ0) is 13.5. The fourth-order valence-corrected chi connectivity index (χ4v) is 2.37. The smallest absolute Gasteiger partial charge is 0.0620 e. The molecule has 1 aliphatic rings. The van der Waals surface area contributed by atoms with Gasteiger partial charge in [-0.25, -0.2) is 0 Å². The van der Waals surface area contributed by atoms with E-state index < -0.39 is 0 Å². The van der Waals surface area contributed by atoms with Gasteiger partial charge < -0.3 is 15.0 Å². The lowest BCUT2D eigenvalue weighted by Gasteiger charge is -2.26. The van der Waals surface area contributed by atoms with Gasteiger partial charge in [0.2, 0.25) is 0 Å². The number of aryl methyl sites for hydroxylation is 1. The van der Waals surface area contributed by atoms with Gasteiger partial charge in [0.15, 0.2) is 0 Å². The lowest BCUT2D eigenvalue weighted by molar-refractivity contribution is 0.0711. The van der Waals surface area contributed by atoms with E-state index in [4.69, 9.17) is 4.74 Å². The summed E-state index contributed by atoms with van der Waals surface area (Å²) in [6, 6.07) is 9.40. The third-order valence-corrected chi connectivity index (χ3v) is 3.76. The quantitative estimate of drug-likeness (QED) is 0.847. The first-order chi connectivity index (χ1) is 9.24. The molecule has 0 saturated carbocycles. The number of nitrogens with one attached hydrogen (secondary N) is 1. The Labute approximate surface area is 116 Å². The van der Waals surface area contributed by atoms with Crippen molar-refractivity contribution < 1.29 is 4.74 Å². The maximum Gasteiger partial charge on any atom is 0.0620 e. The van der Waals surface area contributed by atoms with Gasteiger partial charge in [-0.3, -0.25) is 0 Å². The molecule has 1 saturated heterocycles.